The SMILES string of the molecule is COc1ccccc1/C=C(\C#N)C(=O)Nc1ccc(C(C)(C)C)cc1Br. The van der Waals surface area contributed by atoms with Gasteiger partial charge < -0.3 is 10.1 Å². The quantitative estimate of drug-likeness (QED) is 0.547. The first kappa shape index (κ1) is 19.7. The molecule has 2 aromatic carbocycles. The Balaban J connectivity index is 2.28. The van der Waals surface area contributed by atoms with Crippen molar-refractivity contribution in [3.8, 4) is 11.8 Å². The third-order valence-corrected chi connectivity index (χ3v) is 4.54. The topological polar surface area (TPSA) is 62.1 Å². The molecule has 0 aromatic heterocycles. The molecule has 0 bridgehead atoms. The van der Waals surface area contributed by atoms with Crippen LogP contribution in [0.15, 0.2) is 52.5 Å². The van der Waals surface area contributed by atoms with Gasteiger partial charge >= 0.3 is 0 Å². The number of nitriles is 1. The van der Waals surface area contributed by atoms with Gasteiger partial charge in [-0.3, -0.25) is 4.79 Å². The summed E-state index contributed by atoms with van der Waals surface area (Å²) < 4.78 is 6.03. The predicted molar refractivity (Wildman–Crippen MR) is 108 cm³/mol. The van der Waals surface area contributed by atoms with E-state index in [1.165, 1.54) is 6.08 Å². The minimum absolute atomic E-state index is 0.00120. The Bertz CT molecular complexity index is 890. The summed E-state index contributed by atoms with van der Waals surface area (Å²) in [5.41, 5.74) is 2.44. The zero-order chi connectivity index (χ0) is 19.3. The second-order valence-electron chi connectivity index (χ2n) is 6.81. The van der Waals surface area contributed by atoms with E-state index in [0.29, 0.717) is 17.0 Å². The number of hydrogen-bond donors (Lipinski definition) is 1. The number of ether oxygens (including phenoxy) is 1. The Morgan fingerprint density at radius 3 is 2.50 bits per heavy atom. The van der Waals surface area contributed by atoms with Gasteiger partial charge in [0, 0.05) is 10.0 Å². The standard InChI is InChI=1S/C21H21BrN2O2/c1-21(2,3)16-9-10-18(17(22)12-16)24-20(25)15(13-23)11-14-7-5-6-8-19(14)26-4/h5-12H,1-4H3,(H,24,25)/b15-11+. The lowest BCUT2D eigenvalue weighted by Crippen LogP contribution is -2.15. The monoisotopic (exact) mass is 412 g/mol. The number of rotatable bonds is 4. The lowest BCUT2D eigenvalue weighted by molar-refractivity contribution is -0.112. The first-order valence-electron chi connectivity index (χ1n) is 8.12. The third kappa shape index (κ3) is 4.74. The maximum absolute atomic E-state index is 12.5. The van der Waals surface area contributed by atoms with Crippen molar-refractivity contribution in [2.75, 3.05) is 12.4 Å². The molecule has 1 amide bonds. The summed E-state index contributed by atoms with van der Waals surface area (Å²) in [6.07, 6.45) is 1.52. The van der Waals surface area contributed by atoms with Crippen molar-refractivity contribution < 1.29 is 9.53 Å². The molecule has 0 aliphatic rings. The zero-order valence-electron chi connectivity index (χ0n) is 15.3. The van der Waals surface area contributed by atoms with Crippen LogP contribution in [0.4, 0.5) is 5.69 Å². The van der Waals surface area contributed by atoms with E-state index >= 15 is 0 Å². The number of amides is 1. The smallest absolute Gasteiger partial charge is 0.266 e. The van der Waals surface area contributed by atoms with Crippen LogP contribution in [0, 0.1) is 11.3 Å². The molecule has 0 fully saturated rings. The number of hydrogen-bond acceptors (Lipinski definition) is 3. The fourth-order valence-corrected chi connectivity index (χ4v) is 2.84. The van der Waals surface area contributed by atoms with Crippen LogP contribution in [0.25, 0.3) is 6.08 Å². The van der Waals surface area contributed by atoms with Crippen LogP contribution in [-0.4, -0.2) is 13.0 Å². The first-order chi connectivity index (χ1) is 12.3. The van der Waals surface area contributed by atoms with Crippen LogP contribution in [-0.2, 0) is 10.2 Å². The number of methoxy groups -OCH3 is 1. The van der Waals surface area contributed by atoms with Crippen molar-refractivity contribution in [1.29, 1.82) is 5.26 Å². The maximum Gasteiger partial charge on any atom is 0.266 e. The van der Waals surface area contributed by atoms with Crippen molar-refractivity contribution in [3.05, 3.63) is 63.6 Å². The number of para-hydroxylation sites is 1. The number of carbonyl (C=O) groups is 1. The van der Waals surface area contributed by atoms with Gasteiger partial charge in [0.15, 0.2) is 0 Å². The molecule has 0 saturated carbocycles. The second kappa shape index (κ2) is 8.20. The number of carbonyl (C=O) groups excluding carboxylic acids is 1. The number of anilines is 1. The fourth-order valence-electron chi connectivity index (χ4n) is 2.36. The summed E-state index contributed by atoms with van der Waals surface area (Å²) in [6, 6.07) is 15.0. The molecular formula is C21H21BrN2O2. The van der Waals surface area contributed by atoms with Crippen LogP contribution < -0.4 is 10.1 Å². The van der Waals surface area contributed by atoms with Gasteiger partial charge in [-0.05, 0) is 51.2 Å². The van der Waals surface area contributed by atoms with Crippen molar-refractivity contribution in [2.24, 2.45) is 0 Å². The van der Waals surface area contributed by atoms with E-state index in [1.54, 1.807) is 19.2 Å². The van der Waals surface area contributed by atoms with Gasteiger partial charge in [-0.25, -0.2) is 0 Å². The van der Waals surface area contributed by atoms with Crippen LogP contribution in [0.2, 0.25) is 0 Å². The highest BCUT2D eigenvalue weighted by molar-refractivity contribution is 9.10. The molecule has 0 heterocycles. The number of benzene rings is 2. The Morgan fingerprint density at radius 2 is 1.92 bits per heavy atom. The molecule has 5 heteroatoms. The molecule has 134 valence electrons. The molecule has 0 aliphatic carbocycles. The minimum Gasteiger partial charge on any atom is -0.496 e. The maximum atomic E-state index is 12.5. The number of nitrogens with zero attached hydrogens (tertiary/aromatic N) is 1. The molecule has 1 N–H and O–H groups in total. The molecule has 26 heavy (non-hydrogen) atoms. The van der Waals surface area contributed by atoms with Gasteiger partial charge in [-0.2, -0.15) is 5.26 Å². The second-order valence-corrected chi connectivity index (χ2v) is 7.66. The highest BCUT2D eigenvalue weighted by Gasteiger charge is 2.17. The lowest BCUT2D eigenvalue weighted by Gasteiger charge is -2.20. The molecule has 0 spiro atoms. The molecule has 0 radical (unpaired) electrons. The van der Waals surface area contributed by atoms with E-state index in [9.17, 15) is 10.1 Å². The van der Waals surface area contributed by atoms with Gasteiger partial charge in [0.1, 0.15) is 17.4 Å². The van der Waals surface area contributed by atoms with Crippen LogP contribution >= 0.6 is 15.9 Å². The molecule has 0 unspecified atom stereocenters. The summed E-state index contributed by atoms with van der Waals surface area (Å²) in [5, 5.41) is 12.2. The molecular weight excluding hydrogens is 392 g/mol. The van der Waals surface area contributed by atoms with E-state index in [4.69, 9.17) is 4.74 Å². The largest absolute Gasteiger partial charge is 0.496 e. The minimum atomic E-state index is -0.470. The van der Waals surface area contributed by atoms with Gasteiger partial charge in [0.25, 0.3) is 5.91 Å². The highest BCUT2D eigenvalue weighted by Crippen LogP contribution is 2.30. The van der Waals surface area contributed by atoms with E-state index in [1.807, 2.05) is 36.4 Å². The van der Waals surface area contributed by atoms with E-state index in [-0.39, 0.29) is 11.0 Å². The molecule has 4 nitrogen and oxygen atoms in total. The zero-order valence-corrected chi connectivity index (χ0v) is 16.8. The lowest BCUT2D eigenvalue weighted by atomic mass is 9.87. The van der Waals surface area contributed by atoms with Gasteiger partial charge in [-0.15, -0.1) is 0 Å². The van der Waals surface area contributed by atoms with Crippen LogP contribution in [0.3, 0.4) is 0 Å². The van der Waals surface area contributed by atoms with E-state index in [0.717, 1.165) is 10.0 Å². The number of halogens is 1. The molecule has 0 saturated heterocycles. The van der Waals surface area contributed by atoms with Crippen LogP contribution in [0.1, 0.15) is 31.9 Å². The van der Waals surface area contributed by atoms with E-state index < -0.39 is 5.91 Å². The highest BCUT2D eigenvalue weighted by atomic mass is 79.9. The summed E-state index contributed by atoms with van der Waals surface area (Å²) in [6.45, 7) is 6.37. The Morgan fingerprint density at radius 1 is 1.23 bits per heavy atom. The predicted octanol–water partition coefficient (Wildman–Crippen LogP) is 5.30. The van der Waals surface area contributed by atoms with Crippen molar-refractivity contribution in [1.82, 2.24) is 0 Å². The van der Waals surface area contributed by atoms with Crippen LogP contribution in [0.5, 0.6) is 5.75 Å². The van der Waals surface area contributed by atoms with Crippen molar-refractivity contribution in [3.63, 3.8) is 0 Å². The Labute approximate surface area is 162 Å². The van der Waals surface area contributed by atoms with Crippen molar-refractivity contribution in [2.45, 2.75) is 26.2 Å². The summed E-state index contributed by atoms with van der Waals surface area (Å²) in [7, 11) is 1.55. The van der Waals surface area contributed by atoms with Crippen molar-refractivity contribution >= 4 is 33.6 Å². The molecule has 0 atom stereocenters. The average Bonchev–Trinajstić information content (AvgIpc) is 2.60. The van der Waals surface area contributed by atoms with Gasteiger partial charge in [0.05, 0.1) is 12.8 Å². The average molecular weight is 413 g/mol. The molecule has 0 aliphatic heterocycles. The summed E-state index contributed by atoms with van der Waals surface area (Å²) >= 11 is 3.49. The fraction of sp³-hybridized carbons (Fsp3) is 0.238. The first-order valence-corrected chi connectivity index (χ1v) is 8.91. The van der Waals surface area contributed by atoms with Gasteiger partial charge in [-0.1, -0.05) is 45.0 Å². The summed E-state index contributed by atoms with van der Waals surface area (Å²) in [5.74, 6) is 0.131. The summed E-state index contributed by atoms with van der Waals surface area (Å²) in [4.78, 5) is 12.5. The van der Waals surface area contributed by atoms with Gasteiger partial charge in [0.2, 0.25) is 0 Å². The third-order valence-electron chi connectivity index (χ3n) is 3.89. The molecule has 2 rings (SSSR count). The van der Waals surface area contributed by atoms with E-state index in [2.05, 4.69) is 42.0 Å². The number of nitrogens with one attached hydrogen (secondary N) is 1. The Kier molecular flexibility index (Phi) is 6.23. The normalized spacial score (nSPS) is 11.6. The molecule has 2 aromatic rings. The Hall–Kier alpha value is -2.58.